The molecule has 27 heavy (non-hydrogen) atoms. The van der Waals surface area contributed by atoms with E-state index >= 15 is 0 Å². The first-order valence-corrected chi connectivity index (χ1v) is 9.06. The molecule has 2 N–H and O–H groups in total. The summed E-state index contributed by atoms with van der Waals surface area (Å²) in [7, 11) is 0. The SMILES string of the molecule is O=C(Cc1csc(NC(=O)c2ccc3c(c2)OCO3)n1)Nc1ccccc1. The van der Waals surface area contributed by atoms with Crippen molar-refractivity contribution in [3.05, 3.63) is 65.2 Å². The fourth-order valence-electron chi connectivity index (χ4n) is 2.54. The van der Waals surface area contributed by atoms with Gasteiger partial charge in [0.2, 0.25) is 12.7 Å². The molecular formula is C19H15N3O4S. The molecule has 8 heteroatoms. The summed E-state index contributed by atoms with van der Waals surface area (Å²) < 4.78 is 10.5. The summed E-state index contributed by atoms with van der Waals surface area (Å²) in [6.45, 7) is 0.154. The molecule has 0 atom stereocenters. The maximum atomic E-state index is 12.4. The van der Waals surface area contributed by atoms with Crippen LogP contribution >= 0.6 is 11.3 Å². The smallest absolute Gasteiger partial charge is 0.257 e. The molecule has 1 aromatic heterocycles. The molecule has 0 spiro atoms. The number of rotatable bonds is 5. The Labute approximate surface area is 159 Å². The van der Waals surface area contributed by atoms with Gasteiger partial charge in [-0.25, -0.2) is 4.98 Å². The van der Waals surface area contributed by atoms with Gasteiger partial charge in [-0.3, -0.25) is 14.9 Å². The summed E-state index contributed by atoms with van der Waals surface area (Å²) in [6.07, 6.45) is 0.130. The van der Waals surface area contributed by atoms with Gasteiger partial charge in [-0.15, -0.1) is 11.3 Å². The van der Waals surface area contributed by atoms with Crippen LogP contribution in [-0.4, -0.2) is 23.6 Å². The van der Waals surface area contributed by atoms with Crippen LogP contribution in [0, 0.1) is 0 Å². The monoisotopic (exact) mass is 381 g/mol. The number of ether oxygens (including phenoxy) is 2. The highest BCUT2D eigenvalue weighted by Crippen LogP contribution is 2.32. The highest BCUT2D eigenvalue weighted by atomic mass is 32.1. The molecule has 0 saturated carbocycles. The van der Waals surface area contributed by atoms with Crippen LogP contribution in [0.5, 0.6) is 11.5 Å². The van der Waals surface area contributed by atoms with Crippen LogP contribution in [0.15, 0.2) is 53.9 Å². The second kappa shape index (κ2) is 7.46. The first kappa shape index (κ1) is 17.0. The number of benzene rings is 2. The Morgan fingerprint density at radius 2 is 1.85 bits per heavy atom. The van der Waals surface area contributed by atoms with E-state index in [2.05, 4.69) is 15.6 Å². The predicted octanol–water partition coefficient (Wildman–Crippen LogP) is 3.31. The van der Waals surface area contributed by atoms with Gasteiger partial charge >= 0.3 is 0 Å². The van der Waals surface area contributed by atoms with Crippen molar-refractivity contribution in [3.63, 3.8) is 0 Å². The van der Waals surface area contributed by atoms with Crippen LogP contribution < -0.4 is 20.1 Å². The van der Waals surface area contributed by atoms with E-state index in [4.69, 9.17) is 9.47 Å². The van der Waals surface area contributed by atoms with Crippen molar-refractivity contribution in [2.45, 2.75) is 6.42 Å². The molecule has 1 aliphatic heterocycles. The molecule has 2 aromatic carbocycles. The molecular weight excluding hydrogens is 366 g/mol. The predicted molar refractivity (Wildman–Crippen MR) is 101 cm³/mol. The average molecular weight is 381 g/mol. The highest BCUT2D eigenvalue weighted by Gasteiger charge is 2.17. The van der Waals surface area contributed by atoms with E-state index in [-0.39, 0.29) is 25.0 Å². The van der Waals surface area contributed by atoms with Crippen molar-refractivity contribution in [2.24, 2.45) is 0 Å². The fourth-order valence-corrected chi connectivity index (χ4v) is 3.25. The molecule has 2 heterocycles. The molecule has 136 valence electrons. The number of carbonyl (C=O) groups is 2. The summed E-state index contributed by atoms with van der Waals surface area (Å²) in [5, 5.41) is 7.72. The van der Waals surface area contributed by atoms with Gasteiger partial charge in [0.1, 0.15) is 0 Å². The Morgan fingerprint density at radius 3 is 2.70 bits per heavy atom. The van der Waals surface area contributed by atoms with E-state index in [1.807, 2.05) is 30.3 Å². The van der Waals surface area contributed by atoms with Crippen molar-refractivity contribution >= 4 is 34.0 Å². The quantitative estimate of drug-likeness (QED) is 0.708. The van der Waals surface area contributed by atoms with Crippen LogP contribution in [0.4, 0.5) is 10.8 Å². The number of anilines is 2. The Hall–Kier alpha value is -3.39. The molecule has 7 nitrogen and oxygen atoms in total. The van der Waals surface area contributed by atoms with Crippen LogP contribution in [0.2, 0.25) is 0 Å². The maximum absolute atomic E-state index is 12.4. The Balaban J connectivity index is 1.36. The molecule has 4 rings (SSSR count). The Kier molecular flexibility index (Phi) is 4.71. The molecule has 0 fully saturated rings. The van der Waals surface area contributed by atoms with Gasteiger partial charge < -0.3 is 14.8 Å². The lowest BCUT2D eigenvalue weighted by molar-refractivity contribution is -0.115. The number of nitrogens with zero attached hydrogens (tertiary/aromatic N) is 1. The van der Waals surface area contributed by atoms with Crippen LogP contribution in [0.1, 0.15) is 16.1 Å². The van der Waals surface area contributed by atoms with Crippen molar-refractivity contribution in [2.75, 3.05) is 17.4 Å². The van der Waals surface area contributed by atoms with Crippen molar-refractivity contribution in [1.82, 2.24) is 4.98 Å². The molecule has 0 aliphatic carbocycles. The molecule has 2 amide bonds. The largest absolute Gasteiger partial charge is 0.454 e. The zero-order valence-corrected chi connectivity index (χ0v) is 14.9. The number of amides is 2. The number of thiazole rings is 1. The second-order valence-electron chi connectivity index (χ2n) is 5.76. The standard InChI is InChI=1S/C19H15N3O4S/c23-17(20-13-4-2-1-3-5-13)9-14-10-27-19(21-14)22-18(24)12-6-7-15-16(8-12)26-11-25-15/h1-8,10H,9,11H2,(H,20,23)(H,21,22,24). The van der Waals surface area contributed by atoms with E-state index in [1.54, 1.807) is 23.6 Å². The topological polar surface area (TPSA) is 89.6 Å². The third-order valence-corrected chi connectivity index (χ3v) is 4.61. The zero-order chi connectivity index (χ0) is 18.6. The molecule has 0 saturated heterocycles. The van der Waals surface area contributed by atoms with Crippen molar-refractivity contribution in [3.8, 4) is 11.5 Å². The number of carbonyl (C=O) groups excluding carboxylic acids is 2. The van der Waals surface area contributed by atoms with Gasteiger partial charge in [-0.1, -0.05) is 18.2 Å². The lowest BCUT2D eigenvalue weighted by Gasteiger charge is -2.04. The second-order valence-corrected chi connectivity index (χ2v) is 6.62. The minimum absolute atomic E-state index is 0.130. The summed E-state index contributed by atoms with van der Waals surface area (Å²) in [5.74, 6) is 0.690. The van der Waals surface area contributed by atoms with Gasteiger partial charge in [-0.2, -0.15) is 0 Å². The van der Waals surface area contributed by atoms with E-state index < -0.39 is 0 Å². The molecule has 3 aromatic rings. The summed E-state index contributed by atoms with van der Waals surface area (Å²) in [6, 6.07) is 14.2. The number of aromatic nitrogens is 1. The van der Waals surface area contributed by atoms with Crippen molar-refractivity contribution in [1.29, 1.82) is 0 Å². The van der Waals surface area contributed by atoms with E-state index in [0.717, 1.165) is 5.69 Å². The number of para-hydroxylation sites is 1. The molecule has 1 aliphatic rings. The summed E-state index contributed by atoms with van der Waals surface area (Å²) >= 11 is 1.27. The number of hydrogen-bond donors (Lipinski definition) is 2. The maximum Gasteiger partial charge on any atom is 0.257 e. The van der Waals surface area contributed by atoms with E-state index in [9.17, 15) is 9.59 Å². The molecule has 0 radical (unpaired) electrons. The zero-order valence-electron chi connectivity index (χ0n) is 14.1. The number of hydrogen-bond acceptors (Lipinski definition) is 6. The van der Waals surface area contributed by atoms with Crippen LogP contribution in [-0.2, 0) is 11.2 Å². The average Bonchev–Trinajstić information content (AvgIpc) is 3.31. The van der Waals surface area contributed by atoms with Gasteiger partial charge in [0.15, 0.2) is 16.6 Å². The van der Waals surface area contributed by atoms with E-state index in [0.29, 0.717) is 27.9 Å². The molecule has 0 bridgehead atoms. The third kappa shape index (κ3) is 4.06. The number of fused-ring (bicyclic) bond motifs is 1. The van der Waals surface area contributed by atoms with E-state index in [1.165, 1.54) is 11.3 Å². The summed E-state index contributed by atoms with van der Waals surface area (Å²) in [4.78, 5) is 28.7. The lowest BCUT2D eigenvalue weighted by Crippen LogP contribution is -2.15. The van der Waals surface area contributed by atoms with Crippen molar-refractivity contribution < 1.29 is 19.1 Å². The summed E-state index contributed by atoms with van der Waals surface area (Å²) in [5.41, 5.74) is 1.77. The van der Waals surface area contributed by atoms with Gasteiger partial charge in [0, 0.05) is 16.6 Å². The third-order valence-electron chi connectivity index (χ3n) is 3.81. The van der Waals surface area contributed by atoms with Gasteiger partial charge in [0.05, 0.1) is 12.1 Å². The minimum Gasteiger partial charge on any atom is -0.454 e. The lowest BCUT2D eigenvalue weighted by atomic mass is 10.2. The normalized spacial score (nSPS) is 11.9. The number of nitrogens with one attached hydrogen (secondary N) is 2. The first-order chi connectivity index (χ1) is 13.2. The minimum atomic E-state index is -0.303. The fraction of sp³-hybridized carbons (Fsp3) is 0.105. The Bertz CT molecular complexity index is 988. The van der Waals surface area contributed by atoms with Gasteiger partial charge in [-0.05, 0) is 30.3 Å². The highest BCUT2D eigenvalue weighted by molar-refractivity contribution is 7.14. The van der Waals surface area contributed by atoms with Crippen LogP contribution in [0.3, 0.4) is 0 Å². The molecule has 0 unspecified atom stereocenters. The first-order valence-electron chi connectivity index (χ1n) is 8.18. The Morgan fingerprint density at radius 1 is 1.04 bits per heavy atom. The van der Waals surface area contributed by atoms with Crippen LogP contribution in [0.25, 0.3) is 0 Å². The van der Waals surface area contributed by atoms with Gasteiger partial charge in [0.25, 0.3) is 5.91 Å².